The Morgan fingerprint density at radius 3 is 2.59 bits per heavy atom. The zero-order valence-electron chi connectivity index (χ0n) is 15.2. The summed E-state index contributed by atoms with van der Waals surface area (Å²) in [5.74, 6) is 3.76. The third-order valence-electron chi connectivity index (χ3n) is 6.56. The van der Waals surface area contributed by atoms with Gasteiger partial charge in [0.2, 0.25) is 0 Å². The van der Waals surface area contributed by atoms with Crippen molar-refractivity contribution < 1.29 is 9.53 Å². The van der Waals surface area contributed by atoms with E-state index in [9.17, 15) is 4.79 Å². The third-order valence-corrected chi connectivity index (χ3v) is 6.79. The van der Waals surface area contributed by atoms with E-state index < -0.39 is 0 Å². The van der Waals surface area contributed by atoms with Gasteiger partial charge in [0.25, 0.3) is 5.91 Å². The van der Waals surface area contributed by atoms with Gasteiger partial charge in [-0.1, -0.05) is 17.7 Å². The van der Waals surface area contributed by atoms with Crippen LogP contribution in [0.4, 0.5) is 0 Å². The second kappa shape index (κ2) is 6.86. The molecule has 4 aliphatic carbocycles. The fourth-order valence-corrected chi connectivity index (χ4v) is 5.82. The van der Waals surface area contributed by atoms with E-state index in [1.807, 2.05) is 12.1 Å². The predicted octanol–water partition coefficient (Wildman–Crippen LogP) is 4.13. The number of aromatic nitrogens is 2. The van der Waals surface area contributed by atoms with E-state index in [1.165, 1.54) is 32.1 Å². The summed E-state index contributed by atoms with van der Waals surface area (Å²) >= 11 is 5.96. The monoisotopic (exact) mass is 385 g/mol. The van der Waals surface area contributed by atoms with Gasteiger partial charge in [-0.15, -0.1) is 0 Å². The summed E-state index contributed by atoms with van der Waals surface area (Å²) < 4.78 is 7.31. The van der Waals surface area contributed by atoms with Gasteiger partial charge in [-0.05, 0) is 80.0 Å². The Morgan fingerprint density at radius 1 is 1.15 bits per heavy atom. The smallest absolute Gasteiger partial charge is 0.272 e. The molecule has 2 aromatic rings. The summed E-state index contributed by atoms with van der Waals surface area (Å²) in [6.07, 6.45) is 8.36. The van der Waals surface area contributed by atoms with Crippen LogP contribution < -0.4 is 10.1 Å². The Kier molecular flexibility index (Phi) is 4.35. The molecule has 4 aliphatic rings. The van der Waals surface area contributed by atoms with Crippen LogP contribution in [0.15, 0.2) is 36.5 Å². The fraction of sp³-hybridized carbons (Fsp3) is 0.524. The maximum absolute atomic E-state index is 12.7. The summed E-state index contributed by atoms with van der Waals surface area (Å²) in [7, 11) is 0. The molecule has 4 bridgehead atoms. The van der Waals surface area contributed by atoms with E-state index in [0.29, 0.717) is 34.3 Å². The van der Waals surface area contributed by atoms with E-state index in [0.717, 1.165) is 11.8 Å². The number of carbonyl (C=O) groups is 1. The number of hydrogen-bond donors (Lipinski definition) is 1. The molecule has 0 spiro atoms. The lowest BCUT2D eigenvalue weighted by molar-refractivity contribution is -0.0120. The van der Waals surface area contributed by atoms with Crippen molar-refractivity contribution in [1.29, 1.82) is 0 Å². The van der Waals surface area contributed by atoms with E-state index in [1.54, 1.807) is 29.1 Å². The molecule has 1 amide bonds. The standard InChI is InChI=1S/C21H24ClN3O2/c22-17-2-1-3-18(11-17)27-12-25-5-4-19(24-25)21(26)23-20-15-7-13-6-14(9-15)10-16(20)8-13/h1-5,11,13-16,20H,6-10,12H2,(H,23,26). The number of ether oxygens (including phenoxy) is 1. The zero-order valence-corrected chi connectivity index (χ0v) is 15.9. The number of benzene rings is 1. The average molecular weight is 386 g/mol. The number of nitrogens with one attached hydrogen (secondary N) is 1. The molecule has 0 radical (unpaired) electrons. The maximum atomic E-state index is 12.7. The molecule has 0 unspecified atom stereocenters. The Hall–Kier alpha value is -2.01. The van der Waals surface area contributed by atoms with Crippen molar-refractivity contribution in [1.82, 2.24) is 15.1 Å². The van der Waals surface area contributed by atoms with Crippen LogP contribution in [0.2, 0.25) is 5.02 Å². The van der Waals surface area contributed by atoms with Crippen LogP contribution in [0.25, 0.3) is 0 Å². The van der Waals surface area contributed by atoms with E-state index in [4.69, 9.17) is 16.3 Å². The number of rotatable bonds is 5. The molecule has 0 atom stereocenters. The van der Waals surface area contributed by atoms with Crippen molar-refractivity contribution in [2.45, 2.75) is 44.9 Å². The third kappa shape index (κ3) is 3.45. The highest BCUT2D eigenvalue weighted by atomic mass is 35.5. The minimum atomic E-state index is -0.0611. The van der Waals surface area contributed by atoms with Crippen molar-refractivity contribution >= 4 is 17.5 Å². The fourth-order valence-electron chi connectivity index (χ4n) is 5.64. The zero-order chi connectivity index (χ0) is 18.4. The van der Waals surface area contributed by atoms with Crippen molar-refractivity contribution in [3.05, 3.63) is 47.2 Å². The first kappa shape index (κ1) is 17.1. The van der Waals surface area contributed by atoms with E-state index >= 15 is 0 Å². The van der Waals surface area contributed by atoms with Crippen molar-refractivity contribution in [2.24, 2.45) is 23.7 Å². The predicted molar refractivity (Wildman–Crippen MR) is 103 cm³/mol. The van der Waals surface area contributed by atoms with Crippen molar-refractivity contribution in [3.63, 3.8) is 0 Å². The van der Waals surface area contributed by atoms with Gasteiger partial charge < -0.3 is 10.1 Å². The van der Waals surface area contributed by atoms with Crippen LogP contribution >= 0.6 is 11.6 Å². The number of nitrogens with zero attached hydrogens (tertiary/aromatic N) is 2. The second-order valence-corrected chi connectivity index (χ2v) is 8.84. The Morgan fingerprint density at radius 2 is 1.89 bits per heavy atom. The molecule has 1 N–H and O–H groups in total. The number of carbonyl (C=O) groups excluding carboxylic acids is 1. The van der Waals surface area contributed by atoms with Crippen LogP contribution in [0.3, 0.4) is 0 Å². The maximum Gasteiger partial charge on any atom is 0.272 e. The average Bonchev–Trinajstić information content (AvgIpc) is 3.11. The van der Waals surface area contributed by atoms with Gasteiger partial charge in [-0.25, -0.2) is 4.68 Å². The van der Waals surface area contributed by atoms with E-state index in [2.05, 4.69) is 10.4 Å². The SMILES string of the molecule is O=C(NC1C2CC3CC(C2)CC1C3)c1ccn(COc2cccc(Cl)c2)n1. The van der Waals surface area contributed by atoms with E-state index in [-0.39, 0.29) is 12.6 Å². The van der Waals surface area contributed by atoms with Crippen LogP contribution in [0, 0.1) is 23.7 Å². The molecule has 6 rings (SSSR count). The van der Waals surface area contributed by atoms with Crippen LogP contribution in [-0.2, 0) is 6.73 Å². The molecular formula is C21H24ClN3O2. The highest BCUT2D eigenvalue weighted by molar-refractivity contribution is 6.30. The van der Waals surface area contributed by atoms with Crippen LogP contribution in [0.5, 0.6) is 5.75 Å². The van der Waals surface area contributed by atoms with Gasteiger partial charge in [-0.2, -0.15) is 5.10 Å². The van der Waals surface area contributed by atoms with Crippen LogP contribution in [-0.4, -0.2) is 21.7 Å². The Balaban J connectivity index is 1.20. The molecule has 27 heavy (non-hydrogen) atoms. The second-order valence-electron chi connectivity index (χ2n) is 8.40. The molecule has 1 aromatic carbocycles. The first-order chi connectivity index (χ1) is 13.1. The van der Waals surface area contributed by atoms with Crippen molar-refractivity contribution in [3.8, 4) is 5.75 Å². The highest BCUT2D eigenvalue weighted by Gasteiger charge is 2.48. The minimum absolute atomic E-state index is 0.0611. The minimum Gasteiger partial charge on any atom is -0.471 e. The molecule has 0 aliphatic heterocycles. The number of halogens is 1. The molecule has 1 aromatic heterocycles. The summed E-state index contributed by atoms with van der Waals surface area (Å²) in [5.41, 5.74) is 0.457. The van der Waals surface area contributed by atoms with Gasteiger partial charge in [0, 0.05) is 17.3 Å². The molecule has 4 saturated carbocycles. The first-order valence-electron chi connectivity index (χ1n) is 9.87. The number of amides is 1. The Labute approximate surface area is 164 Å². The first-order valence-corrected chi connectivity index (χ1v) is 10.2. The lowest BCUT2D eigenvalue weighted by atomic mass is 9.54. The van der Waals surface area contributed by atoms with Gasteiger partial charge in [0.15, 0.2) is 6.73 Å². The molecular weight excluding hydrogens is 362 g/mol. The van der Waals surface area contributed by atoms with Gasteiger partial charge in [-0.3, -0.25) is 4.79 Å². The van der Waals surface area contributed by atoms with Gasteiger partial charge >= 0.3 is 0 Å². The normalized spacial score (nSPS) is 31.1. The van der Waals surface area contributed by atoms with Gasteiger partial charge in [0.05, 0.1) is 0 Å². The lowest BCUT2D eigenvalue weighted by Crippen LogP contribution is -2.55. The highest BCUT2D eigenvalue weighted by Crippen LogP contribution is 2.53. The summed E-state index contributed by atoms with van der Waals surface area (Å²) in [6, 6.07) is 9.32. The summed E-state index contributed by atoms with van der Waals surface area (Å²) in [6.45, 7) is 0.242. The molecule has 0 saturated heterocycles. The summed E-state index contributed by atoms with van der Waals surface area (Å²) in [4.78, 5) is 12.7. The number of hydrogen-bond acceptors (Lipinski definition) is 3. The molecule has 142 valence electrons. The molecule has 1 heterocycles. The van der Waals surface area contributed by atoms with Gasteiger partial charge in [0.1, 0.15) is 11.4 Å². The van der Waals surface area contributed by atoms with Crippen molar-refractivity contribution in [2.75, 3.05) is 0 Å². The Bertz CT molecular complexity index is 821. The van der Waals surface area contributed by atoms with Crippen LogP contribution in [0.1, 0.15) is 42.6 Å². The quantitative estimate of drug-likeness (QED) is 0.841. The largest absolute Gasteiger partial charge is 0.471 e. The molecule has 4 fully saturated rings. The summed E-state index contributed by atoms with van der Waals surface area (Å²) in [5, 5.41) is 8.31. The lowest BCUT2D eigenvalue weighted by Gasteiger charge is -2.54. The molecule has 5 nitrogen and oxygen atoms in total. The molecule has 6 heteroatoms. The topological polar surface area (TPSA) is 56.2 Å².